The number of hydrogen-bond acceptors (Lipinski definition) is 5. The number of piperidine rings is 1. The molecule has 0 bridgehead atoms. The second-order valence-electron chi connectivity index (χ2n) is 9.61. The Balaban J connectivity index is 1.23. The summed E-state index contributed by atoms with van der Waals surface area (Å²) in [6.45, 7) is 1.68. The van der Waals surface area contributed by atoms with Crippen molar-refractivity contribution in [3.63, 3.8) is 0 Å². The number of likely N-dealkylation sites (tertiary alicyclic amines) is 1. The average Bonchev–Trinajstić information content (AvgIpc) is 3.21. The Kier molecular flexibility index (Phi) is 6.72. The van der Waals surface area contributed by atoms with Crippen molar-refractivity contribution < 1.29 is 18.7 Å². The van der Waals surface area contributed by atoms with Crippen molar-refractivity contribution in [1.82, 2.24) is 10.2 Å². The van der Waals surface area contributed by atoms with E-state index in [9.17, 15) is 9.59 Å². The Morgan fingerprint density at radius 3 is 2.68 bits per heavy atom. The topological polar surface area (TPSA) is 83.8 Å². The van der Waals surface area contributed by atoms with E-state index in [-0.39, 0.29) is 24.3 Å². The molecule has 0 spiro atoms. The predicted molar refractivity (Wildman–Crippen MR) is 133 cm³/mol. The molecule has 2 aliphatic rings. The van der Waals surface area contributed by atoms with Gasteiger partial charge in [-0.15, -0.1) is 0 Å². The van der Waals surface area contributed by atoms with Gasteiger partial charge in [-0.2, -0.15) is 0 Å². The van der Waals surface area contributed by atoms with Crippen molar-refractivity contribution in [1.29, 1.82) is 0 Å². The minimum absolute atomic E-state index is 0.0510. The molecule has 1 aliphatic carbocycles. The highest BCUT2D eigenvalue weighted by Gasteiger charge is 2.28. The number of nitrogens with one attached hydrogen (secondary N) is 2. The molecule has 3 aromatic rings. The molecule has 5 rings (SSSR count). The molecule has 1 saturated heterocycles. The number of rotatable bonds is 6. The molecule has 1 saturated carbocycles. The molecular weight excluding hydrogens is 430 g/mol. The molecule has 2 heterocycles. The first-order valence-electron chi connectivity index (χ1n) is 12.4. The van der Waals surface area contributed by atoms with E-state index in [0.29, 0.717) is 29.6 Å². The minimum Gasteiger partial charge on any atom is -0.495 e. The molecule has 7 heteroatoms. The van der Waals surface area contributed by atoms with E-state index in [1.54, 1.807) is 7.11 Å². The zero-order chi connectivity index (χ0) is 23.5. The fourth-order valence-electron chi connectivity index (χ4n) is 5.39. The molecule has 2 fully saturated rings. The van der Waals surface area contributed by atoms with E-state index >= 15 is 0 Å². The van der Waals surface area contributed by atoms with Gasteiger partial charge < -0.3 is 19.8 Å². The van der Waals surface area contributed by atoms with Crippen molar-refractivity contribution in [3.8, 4) is 5.75 Å². The molecule has 2 amide bonds. The largest absolute Gasteiger partial charge is 0.495 e. The van der Waals surface area contributed by atoms with Gasteiger partial charge in [0.2, 0.25) is 11.8 Å². The summed E-state index contributed by atoms with van der Waals surface area (Å²) in [4.78, 5) is 27.8. The Labute approximate surface area is 199 Å². The third-order valence-corrected chi connectivity index (χ3v) is 7.17. The van der Waals surface area contributed by atoms with Gasteiger partial charge in [0.05, 0.1) is 25.3 Å². The lowest BCUT2D eigenvalue weighted by molar-refractivity contribution is -0.128. The second kappa shape index (κ2) is 10.1. The molecular formula is C27H33N3O4. The lowest BCUT2D eigenvalue weighted by Crippen LogP contribution is -2.47. The van der Waals surface area contributed by atoms with Crippen LogP contribution in [-0.2, 0) is 9.59 Å². The number of hydrogen-bond donors (Lipinski definition) is 2. The SMILES string of the molecule is COc1cc2c(cc1NC(=O)CN1CCCC(C(=O)NC3CCCCC3)C1)oc1ccccc12. The maximum Gasteiger partial charge on any atom is 0.238 e. The Bertz CT molecular complexity index is 1180. The molecule has 0 radical (unpaired) electrons. The molecule has 2 aromatic carbocycles. The monoisotopic (exact) mass is 463 g/mol. The highest BCUT2D eigenvalue weighted by molar-refractivity contribution is 6.07. The van der Waals surface area contributed by atoms with E-state index in [1.165, 1.54) is 19.3 Å². The quantitative estimate of drug-likeness (QED) is 0.554. The van der Waals surface area contributed by atoms with Crippen LogP contribution in [-0.4, -0.2) is 49.5 Å². The maximum atomic E-state index is 12.9. The molecule has 34 heavy (non-hydrogen) atoms. The van der Waals surface area contributed by atoms with Crippen LogP contribution >= 0.6 is 0 Å². The van der Waals surface area contributed by atoms with E-state index < -0.39 is 0 Å². The summed E-state index contributed by atoms with van der Waals surface area (Å²) in [6.07, 6.45) is 7.64. The van der Waals surface area contributed by atoms with Gasteiger partial charge in [0.1, 0.15) is 16.9 Å². The maximum absolute atomic E-state index is 12.9. The van der Waals surface area contributed by atoms with Crippen LogP contribution in [0.2, 0.25) is 0 Å². The summed E-state index contributed by atoms with van der Waals surface area (Å²) in [5.41, 5.74) is 2.09. The number of carbonyl (C=O) groups is 2. The number of amides is 2. The summed E-state index contributed by atoms with van der Waals surface area (Å²) in [7, 11) is 1.60. The molecule has 1 aromatic heterocycles. The molecule has 1 unspecified atom stereocenters. The summed E-state index contributed by atoms with van der Waals surface area (Å²) < 4.78 is 11.5. The van der Waals surface area contributed by atoms with E-state index in [0.717, 1.165) is 48.6 Å². The standard InChI is InChI=1S/C27H33N3O4/c1-33-25-14-21-20-11-5-6-12-23(20)34-24(21)15-22(25)29-26(31)17-30-13-7-8-18(16-30)27(32)28-19-9-3-2-4-10-19/h5-6,11-12,14-15,18-19H,2-4,7-10,13,16-17H2,1H3,(H,28,32)(H,29,31). The van der Waals surface area contributed by atoms with Crippen LogP contribution in [0.25, 0.3) is 21.9 Å². The third-order valence-electron chi connectivity index (χ3n) is 7.17. The lowest BCUT2D eigenvalue weighted by atomic mass is 9.93. The van der Waals surface area contributed by atoms with Gasteiger partial charge in [-0.3, -0.25) is 14.5 Å². The lowest BCUT2D eigenvalue weighted by Gasteiger charge is -2.33. The zero-order valence-electron chi connectivity index (χ0n) is 19.8. The number of para-hydroxylation sites is 1. The number of ether oxygens (including phenoxy) is 1. The van der Waals surface area contributed by atoms with Crippen LogP contribution in [0.4, 0.5) is 5.69 Å². The molecule has 2 N–H and O–H groups in total. The molecule has 1 aliphatic heterocycles. The van der Waals surface area contributed by atoms with Crippen LogP contribution < -0.4 is 15.4 Å². The van der Waals surface area contributed by atoms with Crippen LogP contribution in [0.5, 0.6) is 5.75 Å². The van der Waals surface area contributed by atoms with Gasteiger partial charge >= 0.3 is 0 Å². The first-order chi connectivity index (χ1) is 16.6. The van der Waals surface area contributed by atoms with Crippen LogP contribution in [0.15, 0.2) is 40.8 Å². The van der Waals surface area contributed by atoms with Crippen molar-refractivity contribution in [2.75, 3.05) is 32.1 Å². The number of nitrogens with zero attached hydrogens (tertiary/aromatic N) is 1. The summed E-state index contributed by atoms with van der Waals surface area (Å²) in [6, 6.07) is 11.9. The normalized spacial score (nSPS) is 19.9. The molecule has 1 atom stereocenters. The number of methoxy groups -OCH3 is 1. The summed E-state index contributed by atoms with van der Waals surface area (Å²) >= 11 is 0. The average molecular weight is 464 g/mol. The predicted octanol–water partition coefficient (Wildman–Crippen LogP) is 4.69. The highest BCUT2D eigenvalue weighted by Crippen LogP contribution is 2.36. The van der Waals surface area contributed by atoms with Crippen molar-refractivity contribution in [3.05, 3.63) is 36.4 Å². The number of benzene rings is 2. The molecule has 180 valence electrons. The van der Waals surface area contributed by atoms with Gasteiger partial charge in [0, 0.05) is 29.4 Å². The van der Waals surface area contributed by atoms with Crippen molar-refractivity contribution >= 4 is 39.4 Å². The van der Waals surface area contributed by atoms with Gasteiger partial charge in [-0.05, 0) is 44.4 Å². The van der Waals surface area contributed by atoms with E-state index in [1.807, 2.05) is 36.4 Å². The van der Waals surface area contributed by atoms with Crippen LogP contribution in [0, 0.1) is 5.92 Å². The van der Waals surface area contributed by atoms with Gasteiger partial charge in [0.25, 0.3) is 0 Å². The third kappa shape index (κ3) is 4.89. The van der Waals surface area contributed by atoms with Gasteiger partial charge in [-0.25, -0.2) is 0 Å². The van der Waals surface area contributed by atoms with Crippen molar-refractivity contribution in [2.45, 2.75) is 51.0 Å². The fourth-order valence-corrected chi connectivity index (χ4v) is 5.39. The van der Waals surface area contributed by atoms with Crippen LogP contribution in [0.1, 0.15) is 44.9 Å². The summed E-state index contributed by atoms with van der Waals surface area (Å²) in [5.74, 6) is 0.566. The Morgan fingerprint density at radius 1 is 1.03 bits per heavy atom. The summed E-state index contributed by atoms with van der Waals surface area (Å²) in [5, 5.41) is 8.21. The minimum atomic E-state index is -0.123. The van der Waals surface area contributed by atoms with Crippen LogP contribution in [0.3, 0.4) is 0 Å². The van der Waals surface area contributed by atoms with Gasteiger partial charge in [-0.1, -0.05) is 37.5 Å². The number of fused-ring (bicyclic) bond motifs is 3. The fraction of sp³-hybridized carbons (Fsp3) is 0.481. The Hall–Kier alpha value is -3.06. The van der Waals surface area contributed by atoms with E-state index in [4.69, 9.17) is 9.15 Å². The number of furan rings is 1. The first kappa shape index (κ1) is 22.7. The molecule has 7 nitrogen and oxygen atoms in total. The first-order valence-corrected chi connectivity index (χ1v) is 12.4. The second-order valence-corrected chi connectivity index (χ2v) is 9.61. The number of carbonyl (C=O) groups excluding carboxylic acids is 2. The smallest absolute Gasteiger partial charge is 0.238 e. The zero-order valence-corrected chi connectivity index (χ0v) is 19.8. The number of anilines is 1. The van der Waals surface area contributed by atoms with E-state index in [2.05, 4.69) is 15.5 Å². The van der Waals surface area contributed by atoms with Crippen molar-refractivity contribution in [2.24, 2.45) is 5.92 Å². The van der Waals surface area contributed by atoms with Gasteiger partial charge in [0.15, 0.2) is 0 Å². The Morgan fingerprint density at radius 2 is 1.85 bits per heavy atom. The highest BCUT2D eigenvalue weighted by atomic mass is 16.5.